The van der Waals surface area contributed by atoms with Crippen molar-refractivity contribution in [1.82, 2.24) is 19.6 Å². The number of benzene rings is 1. The Kier molecular flexibility index (Phi) is 7.15. The number of nitrogens with zero attached hydrogens (tertiary/aromatic N) is 4. The third-order valence-corrected chi connectivity index (χ3v) is 5.42. The molecule has 1 fully saturated rings. The molecule has 3 rings (SSSR count). The highest BCUT2D eigenvalue weighted by Gasteiger charge is 2.27. The van der Waals surface area contributed by atoms with Crippen LogP contribution in [0.1, 0.15) is 36.6 Å². The molecule has 0 bridgehead atoms. The second kappa shape index (κ2) is 9.58. The Morgan fingerprint density at radius 1 is 1.18 bits per heavy atom. The van der Waals surface area contributed by atoms with Crippen molar-refractivity contribution in [3.63, 3.8) is 0 Å². The van der Waals surface area contributed by atoms with Crippen LogP contribution in [0, 0.1) is 18.6 Å². The van der Waals surface area contributed by atoms with Crippen LogP contribution in [0.15, 0.2) is 24.4 Å². The quantitative estimate of drug-likeness (QED) is 0.750. The molecular weight excluding hydrogens is 362 g/mol. The number of hydrogen-bond acceptors (Lipinski definition) is 4. The van der Waals surface area contributed by atoms with Gasteiger partial charge in [0.2, 0.25) is 0 Å². The molecule has 1 unspecified atom stereocenters. The Bertz CT molecular complexity index is 780. The molecule has 2 aromatic rings. The van der Waals surface area contributed by atoms with E-state index in [0.717, 1.165) is 50.4 Å². The number of aromatic nitrogens is 2. The first kappa shape index (κ1) is 20.9. The summed E-state index contributed by atoms with van der Waals surface area (Å²) in [6, 6.07) is 4.26. The minimum Gasteiger partial charge on any atom is -0.396 e. The smallest absolute Gasteiger partial charge is 0.159 e. The molecular formula is C21H30F2N4O. The largest absolute Gasteiger partial charge is 0.396 e. The maximum absolute atomic E-state index is 13.5. The summed E-state index contributed by atoms with van der Waals surface area (Å²) < 4.78 is 28.7. The lowest BCUT2D eigenvalue weighted by Gasteiger charge is -2.41. The Hall–Kier alpha value is -1.83. The molecule has 0 spiro atoms. The van der Waals surface area contributed by atoms with Crippen LogP contribution in [0.25, 0.3) is 0 Å². The fraction of sp³-hybridized carbons (Fsp3) is 0.571. The Morgan fingerprint density at radius 2 is 2.00 bits per heavy atom. The molecule has 7 heteroatoms. The van der Waals surface area contributed by atoms with Gasteiger partial charge in [0.05, 0.1) is 5.69 Å². The first-order valence-electron chi connectivity index (χ1n) is 10.0. The van der Waals surface area contributed by atoms with E-state index in [9.17, 15) is 13.9 Å². The van der Waals surface area contributed by atoms with Gasteiger partial charge in [-0.2, -0.15) is 5.10 Å². The van der Waals surface area contributed by atoms with Crippen molar-refractivity contribution in [2.45, 2.75) is 52.4 Å². The lowest BCUT2D eigenvalue weighted by atomic mass is 10.1. The summed E-state index contributed by atoms with van der Waals surface area (Å²) in [5.41, 5.74) is 3.06. The van der Waals surface area contributed by atoms with E-state index in [1.54, 1.807) is 6.07 Å². The molecule has 0 amide bonds. The number of piperazine rings is 1. The van der Waals surface area contributed by atoms with Crippen molar-refractivity contribution in [1.29, 1.82) is 0 Å². The number of halogens is 2. The molecule has 1 N–H and O–H groups in total. The van der Waals surface area contributed by atoms with Crippen LogP contribution in [-0.4, -0.2) is 57.0 Å². The van der Waals surface area contributed by atoms with Gasteiger partial charge in [-0.1, -0.05) is 13.0 Å². The predicted molar refractivity (Wildman–Crippen MR) is 105 cm³/mol. The number of aliphatic hydroxyl groups excluding tert-OH is 1. The molecule has 5 nitrogen and oxygen atoms in total. The second-order valence-corrected chi connectivity index (χ2v) is 7.62. The maximum Gasteiger partial charge on any atom is 0.159 e. The highest BCUT2D eigenvalue weighted by molar-refractivity contribution is 5.18. The summed E-state index contributed by atoms with van der Waals surface area (Å²) >= 11 is 0. The van der Waals surface area contributed by atoms with Crippen molar-refractivity contribution in [3.8, 4) is 0 Å². The number of aryl methyl sites for hydroxylation is 2. The molecule has 154 valence electrons. The van der Waals surface area contributed by atoms with Gasteiger partial charge in [0.25, 0.3) is 0 Å². The van der Waals surface area contributed by atoms with Gasteiger partial charge < -0.3 is 5.11 Å². The zero-order chi connectivity index (χ0) is 20.1. The molecule has 1 atom stereocenters. The normalized spacial score (nSPS) is 18.7. The fourth-order valence-corrected chi connectivity index (χ4v) is 3.90. The van der Waals surface area contributed by atoms with Gasteiger partial charge in [0.15, 0.2) is 11.6 Å². The van der Waals surface area contributed by atoms with Gasteiger partial charge in [-0.15, -0.1) is 0 Å². The monoisotopic (exact) mass is 392 g/mol. The van der Waals surface area contributed by atoms with Crippen LogP contribution in [-0.2, 0) is 19.6 Å². The average molecular weight is 392 g/mol. The van der Waals surface area contributed by atoms with E-state index in [4.69, 9.17) is 0 Å². The first-order chi connectivity index (χ1) is 13.5. The van der Waals surface area contributed by atoms with Crippen molar-refractivity contribution >= 4 is 0 Å². The summed E-state index contributed by atoms with van der Waals surface area (Å²) in [6.45, 7) is 9.18. The minimum atomic E-state index is -0.820. The third kappa shape index (κ3) is 5.16. The average Bonchev–Trinajstić information content (AvgIpc) is 3.00. The van der Waals surface area contributed by atoms with Gasteiger partial charge >= 0.3 is 0 Å². The SMILES string of the molecule is CCCn1cc(CN2CCN(Cc3ccc(F)c(F)c3)C(CCO)C2)c(C)n1. The topological polar surface area (TPSA) is 44.5 Å². The van der Waals surface area contributed by atoms with E-state index < -0.39 is 11.6 Å². The Morgan fingerprint density at radius 3 is 2.71 bits per heavy atom. The third-order valence-electron chi connectivity index (χ3n) is 5.42. The molecule has 0 radical (unpaired) electrons. The van der Waals surface area contributed by atoms with E-state index in [0.29, 0.717) is 13.0 Å². The van der Waals surface area contributed by atoms with Crippen molar-refractivity contribution in [2.75, 3.05) is 26.2 Å². The lowest BCUT2D eigenvalue weighted by Crippen LogP contribution is -2.52. The van der Waals surface area contributed by atoms with Gasteiger partial charge in [-0.25, -0.2) is 8.78 Å². The van der Waals surface area contributed by atoms with Gasteiger partial charge in [-0.05, 0) is 37.5 Å². The fourth-order valence-electron chi connectivity index (χ4n) is 3.90. The van der Waals surface area contributed by atoms with Crippen molar-refractivity contribution in [3.05, 3.63) is 52.9 Å². The summed E-state index contributed by atoms with van der Waals surface area (Å²) in [7, 11) is 0. The number of hydrogen-bond donors (Lipinski definition) is 1. The highest BCUT2D eigenvalue weighted by Crippen LogP contribution is 2.20. The lowest BCUT2D eigenvalue weighted by molar-refractivity contribution is 0.0498. The van der Waals surface area contributed by atoms with Crippen LogP contribution < -0.4 is 0 Å². The summed E-state index contributed by atoms with van der Waals surface area (Å²) in [5, 5.41) is 14.1. The number of aliphatic hydroxyl groups is 1. The molecule has 0 saturated carbocycles. The Balaban J connectivity index is 1.64. The van der Waals surface area contributed by atoms with E-state index in [1.165, 1.54) is 17.7 Å². The zero-order valence-electron chi connectivity index (χ0n) is 16.7. The molecule has 0 aliphatic carbocycles. The second-order valence-electron chi connectivity index (χ2n) is 7.62. The van der Waals surface area contributed by atoms with Crippen LogP contribution >= 0.6 is 0 Å². The van der Waals surface area contributed by atoms with Crippen molar-refractivity contribution < 1.29 is 13.9 Å². The molecule has 1 aromatic heterocycles. The highest BCUT2D eigenvalue weighted by atomic mass is 19.2. The molecule has 1 aliphatic rings. The van der Waals surface area contributed by atoms with Crippen LogP contribution in [0.4, 0.5) is 8.78 Å². The first-order valence-corrected chi connectivity index (χ1v) is 10.0. The minimum absolute atomic E-state index is 0.111. The standard InChI is InChI=1S/C21H30F2N4O/c1-3-7-27-14-18(16(2)24-27)13-25-8-9-26(19(15-25)6-10-28)12-17-4-5-20(22)21(23)11-17/h4-5,11,14,19,28H,3,6-10,12-13,15H2,1-2H3. The van der Waals surface area contributed by atoms with Gasteiger partial charge in [-0.3, -0.25) is 14.5 Å². The van der Waals surface area contributed by atoms with Crippen molar-refractivity contribution in [2.24, 2.45) is 0 Å². The summed E-state index contributed by atoms with van der Waals surface area (Å²) in [4.78, 5) is 4.65. The summed E-state index contributed by atoms with van der Waals surface area (Å²) in [6.07, 6.45) is 3.85. The molecule has 1 aliphatic heterocycles. The molecule has 2 heterocycles. The molecule has 1 saturated heterocycles. The van der Waals surface area contributed by atoms with E-state index in [1.807, 2.05) is 11.6 Å². The Labute approximate surface area is 165 Å². The van der Waals surface area contributed by atoms with Crippen LogP contribution in [0.5, 0.6) is 0 Å². The van der Waals surface area contributed by atoms with Crippen LogP contribution in [0.2, 0.25) is 0 Å². The molecule has 28 heavy (non-hydrogen) atoms. The van der Waals surface area contributed by atoms with Gasteiger partial charge in [0, 0.05) is 63.7 Å². The summed E-state index contributed by atoms with van der Waals surface area (Å²) in [5.74, 6) is -1.63. The van der Waals surface area contributed by atoms with E-state index >= 15 is 0 Å². The van der Waals surface area contributed by atoms with Crippen LogP contribution in [0.3, 0.4) is 0 Å². The molecule has 1 aromatic carbocycles. The van der Waals surface area contributed by atoms with E-state index in [2.05, 4.69) is 28.0 Å². The zero-order valence-corrected chi connectivity index (χ0v) is 16.7. The number of rotatable bonds is 8. The van der Waals surface area contributed by atoms with E-state index in [-0.39, 0.29) is 12.6 Å². The van der Waals surface area contributed by atoms with Gasteiger partial charge in [0.1, 0.15) is 0 Å². The predicted octanol–water partition coefficient (Wildman–Crippen LogP) is 2.95. The maximum atomic E-state index is 13.5.